The van der Waals surface area contributed by atoms with Crippen LogP contribution >= 0.6 is 0 Å². The Labute approximate surface area is 175 Å². The van der Waals surface area contributed by atoms with Gasteiger partial charge in [-0.05, 0) is 49.9 Å². The van der Waals surface area contributed by atoms with Gasteiger partial charge in [-0.15, -0.1) is 0 Å². The van der Waals surface area contributed by atoms with Gasteiger partial charge in [0.2, 0.25) is 5.95 Å². The topological polar surface area (TPSA) is 74.3 Å². The van der Waals surface area contributed by atoms with E-state index in [0.717, 1.165) is 12.2 Å². The second kappa shape index (κ2) is 7.75. The maximum absolute atomic E-state index is 13.3. The lowest BCUT2D eigenvalue weighted by Gasteiger charge is -2.33. The van der Waals surface area contributed by atoms with Gasteiger partial charge < -0.3 is 14.2 Å². The quantitative estimate of drug-likeness (QED) is 0.603. The highest BCUT2D eigenvalue weighted by Gasteiger charge is 2.30. The van der Waals surface area contributed by atoms with Gasteiger partial charge in [0, 0.05) is 32.4 Å². The molecule has 0 saturated carbocycles. The molecule has 0 N–H and O–H groups in total. The highest BCUT2D eigenvalue weighted by Crippen LogP contribution is 2.33. The van der Waals surface area contributed by atoms with Gasteiger partial charge in [-0.2, -0.15) is 4.98 Å². The number of imidazole rings is 1. The van der Waals surface area contributed by atoms with Gasteiger partial charge in [0.15, 0.2) is 11.2 Å². The number of benzene rings is 1. The van der Waals surface area contributed by atoms with E-state index in [9.17, 15) is 9.59 Å². The van der Waals surface area contributed by atoms with Crippen molar-refractivity contribution in [3.8, 4) is 0 Å². The smallest absolute Gasteiger partial charge is 0.332 e. The molecule has 8 heteroatoms. The average Bonchev–Trinajstić information content (AvgIpc) is 3.07. The van der Waals surface area contributed by atoms with Crippen LogP contribution in [0.3, 0.4) is 0 Å². The number of hydrogen-bond donors (Lipinski definition) is 0. The number of anilines is 2. The van der Waals surface area contributed by atoms with Crippen molar-refractivity contribution in [3.63, 3.8) is 0 Å². The first-order valence-electron chi connectivity index (χ1n) is 10.5. The van der Waals surface area contributed by atoms with Gasteiger partial charge in [-0.3, -0.25) is 13.9 Å². The Morgan fingerprint density at radius 1 is 1.13 bits per heavy atom. The van der Waals surface area contributed by atoms with Gasteiger partial charge >= 0.3 is 5.69 Å². The van der Waals surface area contributed by atoms with Crippen molar-refractivity contribution in [1.82, 2.24) is 18.7 Å². The fourth-order valence-corrected chi connectivity index (χ4v) is 4.33. The third-order valence-corrected chi connectivity index (χ3v) is 5.62. The Balaban J connectivity index is 1.93. The SMILES string of the molecule is CCOCCn1c(=O)c2c(nc3n2C[C@H](C)CN3c2cc(C)cc(C)c2)n(C)c1=O. The molecule has 0 bridgehead atoms. The first-order chi connectivity index (χ1) is 14.3. The van der Waals surface area contributed by atoms with Crippen LogP contribution in [0.15, 0.2) is 27.8 Å². The summed E-state index contributed by atoms with van der Waals surface area (Å²) in [4.78, 5) is 33.1. The highest BCUT2D eigenvalue weighted by molar-refractivity contribution is 5.77. The number of nitrogens with zero attached hydrogens (tertiary/aromatic N) is 5. The normalized spacial score (nSPS) is 16.3. The Kier molecular flexibility index (Phi) is 5.27. The number of ether oxygens (including phenoxy) is 1. The summed E-state index contributed by atoms with van der Waals surface area (Å²) in [6, 6.07) is 6.41. The number of fused-ring (bicyclic) bond motifs is 3. The van der Waals surface area contributed by atoms with E-state index >= 15 is 0 Å². The van der Waals surface area contributed by atoms with E-state index in [1.54, 1.807) is 7.05 Å². The zero-order valence-corrected chi connectivity index (χ0v) is 18.3. The van der Waals surface area contributed by atoms with Gasteiger partial charge in [0.05, 0.1) is 13.2 Å². The largest absolute Gasteiger partial charge is 0.380 e. The second-order valence-electron chi connectivity index (χ2n) is 8.25. The van der Waals surface area contributed by atoms with Crippen LogP contribution < -0.4 is 16.1 Å². The van der Waals surface area contributed by atoms with E-state index in [-0.39, 0.29) is 17.8 Å². The maximum atomic E-state index is 13.3. The molecule has 3 aromatic rings. The predicted octanol–water partition coefficient (Wildman–Crippen LogP) is 2.34. The van der Waals surface area contributed by atoms with Crippen molar-refractivity contribution in [1.29, 1.82) is 0 Å². The minimum Gasteiger partial charge on any atom is -0.380 e. The summed E-state index contributed by atoms with van der Waals surface area (Å²) in [6.07, 6.45) is 0. The Morgan fingerprint density at radius 3 is 2.50 bits per heavy atom. The third kappa shape index (κ3) is 3.35. The lowest BCUT2D eigenvalue weighted by atomic mass is 10.1. The van der Waals surface area contributed by atoms with Gasteiger partial charge in [-0.1, -0.05) is 13.0 Å². The molecule has 30 heavy (non-hydrogen) atoms. The summed E-state index contributed by atoms with van der Waals surface area (Å²) in [5, 5.41) is 0. The molecule has 0 amide bonds. The molecule has 1 aliphatic heterocycles. The van der Waals surface area contributed by atoms with Gasteiger partial charge in [-0.25, -0.2) is 4.79 Å². The van der Waals surface area contributed by atoms with Crippen molar-refractivity contribution >= 4 is 22.8 Å². The Morgan fingerprint density at radius 2 is 1.83 bits per heavy atom. The molecule has 0 unspecified atom stereocenters. The van der Waals surface area contributed by atoms with Crippen molar-refractivity contribution in [2.45, 2.75) is 40.8 Å². The van der Waals surface area contributed by atoms with E-state index in [1.807, 2.05) is 11.5 Å². The number of aryl methyl sites for hydroxylation is 3. The average molecular weight is 412 g/mol. The molecule has 3 heterocycles. The summed E-state index contributed by atoms with van der Waals surface area (Å²) in [6.45, 7) is 10.8. The third-order valence-electron chi connectivity index (χ3n) is 5.62. The van der Waals surface area contributed by atoms with E-state index in [2.05, 4.69) is 43.9 Å². The molecule has 0 aliphatic carbocycles. The van der Waals surface area contributed by atoms with Crippen LogP contribution in [0.4, 0.5) is 11.6 Å². The monoisotopic (exact) mass is 411 g/mol. The summed E-state index contributed by atoms with van der Waals surface area (Å²) >= 11 is 0. The second-order valence-corrected chi connectivity index (χ2v) is 8.25. The zero-order chi connectivity index (χ0) is 21.6. The minimum atomic E-state index is -0.367. The molecule has 1 atom stereocenters. The van der Waals surface area contributed by atoms with Crippen LogP contribution in [0.1, 0.15) is 25.0 Å². The molecular formula is C22H29N5O3. The van der Waals surface area contributed by atoms with Gasteiger partial charge in [0.25, 0.3) is 5.56 Å². The summed E-state index contributed by atoms with van der Waals surface area (Å²) in [5.74, 6) is 1.03. The summed E-state index contributed by atoms with van der Waals surface area (Å²) in [7, 11) is 1.67. The van der Waals surface area contributed by atoms with Crippen LogP contribution in [-0.2, 0) is 24.9 Å². The van der Waals surface area contributed by atoms with E-state index in [0.29, 0.717) is 42.8 Å². The molecule has 160 valence electrons. The van der Waals surface area contributed by atoms with Crippen LogP contribution in [0.25, 0.3) is 11.2 Å². The molecule has 8 nitrogen and oxygen atoms in total. The molecule has 1 aromatic carbocycles. The maximum Gasteiger partial charge on any atom is 0.332 e. The number of hydrogen-bond acceptors (Lipinski definition) is 5. The molecule has 0 radical (unpaired) electrons. The first kappa shape index (κ1) is 20.4. The van der Waals surface area contributed by atoms with Crippen LogP contribution in [-0.4, -0.2) is 38.4 Å². The number of rotatable bonds is 5. The molecule has 1 aliphatic rings. The summed E-state index contributed by atoms with van der Waals surface area (Å²) in [5.41, 5.74) is 3.64. The highest BCUT2D eigenvalue weighted by atomic mass is 16.5. The first-order valence-corrected chi connectivity index (χ1v) is 10.5. The predicted molar refractivity (Wildman–Crippen MR) is 118 cm³/mol. The van der Waals surface area contributed by atoms with Crippen LogP contribution in [0, 0.1) is 19.8 Å². The molecule has 4 rings (SSSR count). The lowest BCUT2D eigenvalue weighted by Crippen LogP contribution is -2.41. The molecule has 0 fully saturated rings. The zero-order valence-electron chi connectivity index (χ0n) is 18.3. The minimum absolute atomic E-state index is 0.228. The van der Waals surface area contributed by atoms with Crippen LogP contribution in [0.5, 0.6) is 0 Å². The molecule has 2 aromatic heterocycles. The number of aromatic nitrogens is 4. The van der Waals surface area contributed by atoms with Crippen molar-refractivity contribution in [2.24, 2.45) is 13.0 Å². The van der Waals surface area contributed by atoms with Crippen molar-refractivity contribution in [2.75, 3.05) is 24.7 Å². The molecule has 0 saturated heterocycles. The van der Waals surface area contributed by atoms with Gasteiger partial charge in [0.1, 0.15) is 0 Å². The van der Waals surface area contributed by atoms with Crippen molar-refractivity contribution < 1.29 is 4.74 Å². The fourth-order valence-electron chi connectivity index (χ4n) is 4.33. The van der Waals surface area contributed by atoms with E-state index in [1.165, 1.54) is 20.3 Å². The standard InChI is InChI=1S/C22H29N5O3/c1-6-30-8-7-25-20(28)18-19(24(5)22(25)29)23-21-26(12-16(4)13-27(18)21)17-10-14(2)9-15(3)11-17/h9-11,16H,6-8,12-13H2,1-5H3/t16-/m1/s1. The molecular weight excluding hydrogens is 382 g/mol. The fraction of sp³-hybridized carbons (Fsp3) is 0.500. The van der Waals surface area contributed by atoms with Crippen molar-refractivity contribution in [3.05, 3.63) is 50.2 Å². The Hall–Kier alpha value is -2.87. The van der Waals surface area contributed by atoms with E-state index in [4.69, 9.17) is 9.72 Å². The van der Waals surface area contributed by atoms with Crippen LogP contribution in [0.2, 0.25) is 0 Å². The Bertz CT molecular complexity index is 1200. The summed E-state index contributed by atoms with van der Waals surface area (Å²) < 4.78 is 10.1. The lowest BCUT2D eigenvalue weighted by molar-refractivity contribution is 0.137. The molecule has 0 spiro atoms. The van der Waals surface area contributed by atoms with E-state index < -0.39 is 0 Å².